The van der Waals surface area contributed by atoms with Crippen LogP contribution in [0.5, 0.6) is 0 Å². The maximum atomic E-state index is 12.1. The Bertz CT molecular complexity index is 923. The summed E-state index contributed by atoms with van der Waals surface area (Å²) in [7, 11) is 0. The number of carbonyl (C=O) groups excluding carboxylic acids is 2. The average molecular weight is 431 g/mol. The number of aromatic nitrogens is 1. The fourth-order valence-electron chi connectivity index (χ4n) is 2.17. The van der Waals surface area contributed by atoms with E-state index in [1.54, 1.807) is 24.3 Å². The van der Waals surface area contributed by atoms with E-state index in [-0.39, 0.29) is 11.8 Å². The summed E-state index contributed by atoms with van der Waals surface area (Å²) in [6.45, 7) is 1.47. The minimum atomic E-state index is -0.242. The number of anilines is 2. The maximum absolute atomic E-state index is 12.1. The molecule has 0 atom stereocenters. The molecule has 26 heavy (non-hydrogen) atoms. The fourth-order valence-corrected chi connectivity index (χ4v) is 3.11. The number of thiazole rings is 1. The Morgan fingerprint density at radius 1 is 1.04 bits per heavy atom. The number of hydrogen-bond donors (Lipinski definition) is 3. The molecule has 1 heterocycles. The van der Waals surface area contributed by atoms with Gasteiger partial charge in [-0.3, -0.25) is 20.4 Å². The highest BCUT2D eigenvalue weighted by Gasteiger charge is 2.08. The number of hydrogen-bond acceptors (Lipinski definition) is 5. The number of amides is 2. The van der Waals surface area contributed by atoms with Gasteiger partial charge >= 0.3 is 0 Å². The third kappa shape index (κ3) is 4.68. The average Bonchev–Trinajstić information content (AvgIpc) is 3.09. The number of halogens is 1. The van der Waals surface area contributed by atoms with Crippen LogP contribution in [0, 0.1) is 0 Å². The first-order chi connectivity index (χ1) is 12.5. The normalized spacial score (nSPS) is 10.2. The predicted molar refractivity (Wildman–Crippen MR) is 107 cm³/mol. The van der Waals surface area contributed by atoms with Crippen molar-refractivity contribution in [2.24, 2.45) is 0 Å². The van der Waals surface area contributed by atoms with Gasteiger partial charge in [0.2, 0.25) is 11.0 Å². The van der Waals surface area contributed by atoms with Gasteiger partial charge in [0.05, 0.1) is 5.69 Å². The first-order valence-corrected chi connectivity index (χ1v) is 9.34. The summed E-state index contributed by atoms with van der Waals surface area (Å²) in [5.41, 5.74) is 8.43. The third-order valence-electron chi connectivity index (χ3n) is 3.39. The molecule has 8 heteroatoms. The molecule has 0 aliphatic rings. The van der Waals surface area contributed by atoms with E-state index in [2.05, 4.69) is 37.1 Å². The van der Waals surface area contributed by atoms with Gasteiger partial charge in [0.1, 0.15) is 0 Å². The van der Waals surface area contributed by atoms with Gasteiger partial charge in [0.15, 0.2) is 0 Å². The van der Waals surface area contributed by atoms with E-state index in [9.17, 15) is 9.59 Å². The lowest BCUT2D eigenvalue weighted by Crippen LogP contribution is -2.29. The van der Waals surface area contributed by atoms with Crippen molar-refractivity contribution in [3.63, 3.8) is 0 Å². The summed E-state index contributed by atoms with van der Waals surface area (Å²) >= 11 is 4.72. The first kappa shape index (κ1) is 18.1. The van der Waals surface area contributed by atoms with Crippen molar-refractivity contribution in [3.05, 3.63) is 63.9 Å². The Kier molecular flexibility index (Phi) is 5.65. The Hall–Kier alpha value is -2.71. The van der Waals surface area contributed by atoms with Crippen LogP contribution in [0.4, 0.5) is 10.8 Å². The molecule has 0 aliphatic carbocycles. The van der Waals surface area contributed by atoms with Crippen molar-refractivity contribution in [3.8, 4) is 11.3 Å². The Morgan fingerprint density at radius 2 is 1.73 bits per heavy atom. The highest BCUT2D eigenvalue weighted by Crippen LogP contribution is 2.25. The summed E-state index contributed by atoms with van der Waals surface area (Å²) in [6.07, 6.45) is 0. The molecule has 3 rings (SSSR count). The van der Waals surface area contributed by atoms with Gasteiger partial charge in [-0.05, 0) is 36.4 Å². The molecular formula is C18H15BrN4O2S. The van der Waals surface area contributed by atoms with E-state index >= 15 is 0 Å². The smallest absolute Gasteiger partial charge is 0.269 e. The number of nitrogens with one attached hydrogen (secondary N) is 3. The van der Waals surface area contributed by atoms with Crippen molar-refractivity contribution < 1.29 is 9.59 Å². The minimum Gasteiger partial charge on any atom is -0.326 e. The second kappa shape index (κ2) is 8.11. The molecule has 0 bridgehead atoms. The summed E-state index contributed by atoms with van der Waals surface area (Å²) < 4.78 is 0.913. The molecule has 0 saturated heterocycles. The molecule has 0 fully saturated rings. The number of carbonyl (C=O) groups is 2. The van der Waals surface area contributed by atoms with E-state index in [0.717, 1.165) is 21.4 Å². The zero-order valence-electron chi connectivity index (χ0n) is 13.7. The number of rotatable bonds is 5. The molecule has 0 aliphatic heterocycles. The summed E-state index contributed by atoms with van der Waals surface area (Å²) in [5.74, 6) is -0.353. The maximum Gasteiger partial charge on any atom is 0.269 e. The van der Waals surface area contributed by atoms with Crippen LogP contribution in [-0.4, -0.2) is 16.8 Å². The largest absolute Gasteiger partial charge is 0.326 e. The van der Waals surface area contributed by atoms with Crippen LogP contribution in [0.2, 0.25) is 0 Å². The van der Waals surface area contributed by atoms with Crippen LogP contribution in [-0.2, 0) is 4.79 Å². The second-order valence-corrected chi connectivity index (χ2v) is 7.16. The van der Waals surface area contributed by atoms with Crippen LogP contribution in [0.25, 0.3) is 11.3 Å². The Labute approximate surface area is 162 Å². The van der Waals surface area contributed by atoms with Crippen molar-refractivity contribution in [1.82, 2.24) is 10.4 Å². The molecule has 0 saturated carbocycles. The number of nitrogens with zero attached hydrogens (tertiary/aromatic N) is 1. The molecule has 1 aromatic heterocycles. The van der Waals surface area contributed by atoms with Crippen LogP contribution in [0.15, 0.2) is 58.4 Å². The lowest BCUT2D eigenvalue weighted by Gasteiger charge is -2.05. The number of hydrazine groups is 1. The lowest BCUT2D eigenvalue weighted by molar-refractivity contribution is -0.114. The SMILES string of the molecule is CC(=O)Nc1ccc(-c2csc(NNC(=O)c3ccc(Br)cc3)n2)cc1. The zero-order chi connectivity index (χ0) is 18.5. The Morgan fingerprint density at radius 3 is 2.38 bits per heavy atom. The summed E-state index contributed by atoms with van der Waals surface area (Å²) in [6, 6.07) is 14.5. The molecule has 132 valence electrons. The van der Waals surface area contributed by atoms with E-state index < -0.39 is 0 Å². The molecule has 2 aromatic carbocycles. The minimum absolute atomic E-state index is 0.112. The molecular weight excluding hydrogens is 416 g/mol. The zero-order valence-corrected chi connectivity index (χ0v) is 16.1. The van der Waals surface area contributed by atoms with Gasteiger partial charge in [-0.1, -0.05) is 28.1 Å². The molecule has 3 N–H and O–H groups in total. The first-order valence-electron chi connectivity index (χ1n) is 7.67. The Balaban J connectivity index is 1.61. The molecule has 3 aromatic rings. The second-order valence-electron chi connectivity index (χ2n) is 5.38. The summed E-state index contributed by atoms with van der Waals surface area (Å²) in [5, 5.41) is 5.19. The topological polar surface area (TPSA) is 83.1 Å². The predicted octanol–water partition coefficient (Wildman–Crippen LogP) is 4.29. The van der Waals surface area contributed by atoms with Crippen molar-refractivity contribution >= 4 is 49.9 Å². The van der Waals surface area contributed by atoms with Gasteiger partial charge in [-0.25, -0.2) is 4.98 Å². The monoisotopic (exact) mass is 430 g/mol. The number of benzene rings is 2. The van der Waals surface area contributed by atoms with E-state index in [1.165, 1.54) is 18.3 Å². The highest BCUT2D eigenvalue weighted by atomic mass is 79.9. The van der Waals surface area contributed by atoms with Gasteiger partial charge in [0, 0.05) is 33.6 Å². The third-order valence-corrected chi connectivity index (χ3v) is 4.68. The molecule has 0 radical (unpaired) electrons. The molecule has 0 spiro atoms. The lowest BCUT2D eigenvalue weighted by atomic mass is 10.1. The van der Waals surface area contributed by atoms with Gasteiger partial charge in [0.25, 0.3) is 5.91 Å². The van der Waals surface area contributed by atoms with Crippen LogP contribution < -0.4 is 16.2 Å². The quantitative estimate of drug-likeness (QED) is 0.527. The van der Waals surface area contributed by atoms with E-state index in [1.807, 2.05) is 29.6 Å². The van der Waals surface area contributed by atoms with Gasteiger partial charge in [-0.15, -0.1) is 11.3 Å². The fraction of sp³-hybridized carbons (Fsp3) is 0.0556. The van der Waals surface area contributed by atoms with E-state index in [0.29, 0.717) is 10.7 Å². The van der Waals surface area contributed by atoms with Crippen molar-refractivity contribution in [2.45, 2.75) is 6.92 Å². The van der Waals surface area contributed by atoms with Crippen LogP contribution in [0.1, 0.15) is 17.3 Å². The highest BCUT2D eigenvalue weighted by molar-refractivity contribution is 9.10. The summed E-state index contributed by atoms with van der Waals surface area (Å²) in [4.78, 5) is 27.6. The van der Waals surface area contributed by atoms with Crippen LogP contribution in [0.3, 0.4) is 0 Å². The molecule has 6 nitrogen and oxygen atoms in total. The van der Waals surface area contributed by atoms with E-state index in [4.69, 9.17) is 0 Å². The molecule has 2 amide bonds. The standard InChI is InChI=1S/C18H15BrN4O2S/c1-11(24)20-15-8-4-12(5-9-15)16-10-26-18(21-16)23-22-17(25)13-2-6-14(19)7-3-13/h2-10H,1H3,(H,20,24)(H,21,23)(H,22,25). The van der Waals surface area contributed by atoms with Crippen molar-refractivity contribution in [1.29, 1.82) is 0 Å². The molecule has 0 unspecified atom stereocenters. The van der Waals surface area contributed by atoms with Gasteiger partial charge in [-0.2, -0.15) is 0 Å². The van der Waals surface area contributed by atoms with Crippen molar-refractivity contribution in [2.75, 3.05) is 10.7 Å². The van der Waals surface area contributed by atoms with Crippen LogP contribution >= 0.6 is 27.3 Å². The van der Waals surface area contributed by atoms with Gasteiger partial charge < -0.3 is 5.32 Å².